The second kappa shape index (κ2) is 10.6. The number of benzene rings is 2. The Hall–Kier alpha value is -1.88. The van der Waals surface area contributed by atoms with Gasteiger partial charge in [0.05, 0.1) is 18.8 Å². The molecular formula is C24H34O4. The first-order valence-corrected chi connectivity index (χ1v) is 10.2. The van der Waals surface area contributed by atoms with E-state index in [0.29, 0.717) is 19.4 Å². The van der Waals surface area contributed by atoms with Crippen LogP contribution in [0, 0.1) is 6.92 Å². The lowest BCUT2D eigenvalue weighted by Gasteiger charge is -2.25. The molecule has 0 aliphatic rings. The Morgan fingerprint density at radius 2 is 1.46 bits per heavy atom. The molecule has 2 rings (SSSR count). The summed E-state index contributed by atoms with van der Waals surface area (Å²) in [6.45, 7) is 6.22. The van der Waals surface area contributed by atoms with Gasteiger partial charge in [0.15, 0.2) is 0 Å². The molecule has 0 amide bonds. The van der Waals surface area contributed by atoms with Gasteiger partial charge in [0.2, 0.25) is 0 Å². The smallest absolute Gasteiger partial charge is 0.122 e. The van der Waals surface area contributed by atoms with Crippen molar-refractivity contribution in [2.24, 2.45) is 0 Å². The van der Waals surface area contributed by atoms with Crippen LogP contribution in [0.15, 0.2) is 36.4 Å². The molecule has 154 valence electrons. The van der Waals surface area contributed by atoms with E-state index in [-0.39, 0.29) is 13.2 Å². The molecule has 0 aromatic heterocycles. The first-order valence-electron chi connectivity index (χ1n) is 10.2. The molecule has 0 aliphatic heterocycles. The molecule has 0 heterocycles. The summed E-state index contributed by atoms with van der Waals surface area (Å²) in [5.74, 6) is 0.830. The number of aliphatic hydroxyl groups excluding tert-OH is 2. The molecule has 0 aliphatic carbocycles. The third kappa shape index (κ3) is 6.06. The van der Waals surface area contributed by atoms with Gasteiger partial charge in [-0.25, -0.2) is 0 Å². The maximum absolute atomic E-state index is 10.4. The van der Waals surface area contributed by atoms with E-state index in [1.165, 1.54) is 11.1 Å². The zero-order valence-corrected chi connectivity index (χ0v) is 17.4. The highest BCUT2D eigenvalue weighted by Crippen LogP contribution is 2.23. The highest BCUT2D eigenvalue weighted by atomic mass is 16.5. The van der Waals surface area contributed by atoms with Crippen LogP contribution >= 0.6 is 0 Å². The second-order valence-corrected chi connectivity index (χ2v) is 7.59. The monoisotopic (exact) mass is 386 g/mol. The Morgan fingerprint density at radius 3 is 2.04 bits per heavy atom. The summed E-state index contributed by atoms with van der Waals surface area (Å²) in [6, 6.07) is 12.1. The van der Waals surface area contributed by atoms with Gasteiger partial charge in [-0.1, -0.05) is 44.2 Å². The fourth-order valence-electron chi connectivity index (χ4n) is 3.33. The lowest BCUT2D eigenvalue weighted by atomic mass is 9.98. The van der Waals surface area contributed by atoms with E-state index < -0.39 is 5.60 Å². The average molecular weight is 387 g/mol. The molecule has 4 nitrogen and oxygen atoms in total. The fraction of sp³-hybridized carbons (Fsp3) is 0.500. The number of hydrogen-bond donors (Lipinski definition) is 3. The summed E-state index contributed by atoms with van der Waals surface area (Å²) in [6.07, 6.45) is 4.26. The van der Waals surface area contributed by atoms with Crippen molar-refractivity contribution >= 4 is 0 Å². The predicted molar refractivity (Wildman–Crippen MR) is 113 cm³/mol. The van der Waals surface area contributed by atoms with Crippen LogP contribution in [0.4, 0.5) is 0 Å². The van der Waals surface area contributed by atoms with Crippen LogP contribution < -0.4 is 4.74 Å². The normalized spacial score (nSPS) is 11.6. The summed E-state index contributed by atoms with van der Waals surface area (Å²) < 4.78 is 5.87. The van der Waals surface area contributed by atoms with Crippen molar-refractivity contribution in [1.29, 1.82) is 0 Å². The Morgan fingerprint density at radius 1 is 0.857 bits per heavy atom. The topological polar surface area (TPSA) is 69.9 Å². The minimum absolute atomic E-state index is 0.0439. The van der Waals surface area contributed by atoms with Gasteiger partial charge in [-0.2, -0.15) is 0 Å². The molecule has 0 bridgehead atoms. The van der Waals surface area contributed by atoms with Gasteiger partial charge < -0.3 is 20.1 Å². The fourth-order valence-corrected chi connectivity index (χ4v) is 3.33. The zero-order chi connectivity index (χ0) is 20.6. The Kier molecular flexibility index (Phi) is 8.49. The van der Waals surface area contributed by atoms with Crippen LogP contribution in [-0.4, -0.2) is 27.5 Å². The van der Waals surface area contributed by atoms with Gasteiger partial charge >= 0.3 is 0 Å². The Bertz CT molecular complexity index is 750. The summed E-state index contributed by atoms with van der Waals surface area (Å²) in [7, 11) is 0. The number of hydrogen-bond acceptors (Lipinski definition) is 4. The molecule has 4 heteroatoms. The average Bonchev–Trinajstić information content (AvgIpc) is 2.72. The van der Waals surface area contributed by atoms with Gasteiger partial charge in [-0.05, 0) is 72.9 Å². The molecule has 3 N–H and O–H groups in total. The van der Waals surface area contributed by atoms with E-state index in [1.807, 2.05) is 45.0 Å². The van der Waals surface area contributed by atoms with Crippen molar-refractivity contribution in [3.05, 3.63) is 64.2 Å². The molecule has 0 fully saturated rings. The molecule has 0 spiro atoms. The number of aliphatic hydroxyl groups is 3. The molecule has 28 heavy (non-hydrogen) atoms. The third-order valence-corrected chi connectivity index (χ3v) is 5.59. The largest absolute Gasteiger partial charge is 0.490 e. The van der Waals surface area contributed by atoms with Crippen LogP contribution in [0.25, 0.3) is 0 Å². The minimum Gasteiger partial charge on any atom is -0.490 e. The predicted octanol–water partition coefficient (Wildman–Crippen LogP) is 4.08. The van der Waals surface area contributed by atoms with Gasteiger partial charge in [-0.3, -0.25) is 0 Å². The Balaban J connectivity index is 1.91. The van der Waals surface area contributed by atoms with Crippen molar-refractivity contribution in [1.82, 2.24) is 0 Å². The highest BCUT2D eigenvalue weighted by Gasteiger charge is 2.23. The van der Waals surface area contributed by atoms with Crippen molar-refractivity contribution < 1.29 is 20.1 Å². The maximum atomic E-state index is 10.4. The molecule has 0 radical (unpaired) electrons. The zero-order valence-electron chi connectivity index (χ0n) is 17.4. The SMILES string of the molecule is CCC(O)(CC)COc1ccc(CCCc2ccc(CO)c(CO)c2)cc1C. The lowest BCUT2D eigenvalue weighted by Crippen LogP contribution is -2.34. The van der Waals surface area contributed by atoms with Gasteiger partial charge in [0.1, 0.15) is 12.4 Å². The molecule has 0 unspecified atom stereocenters. The van der Waals surface area contributed by atoms with E-state index in [1.54, 1.807) is 0 Å². The standard InChI is InChI=1S/C24H34O4/c1-4-24(27,5-2)17-28-23-12-10-19(13-18(23)3)7-6-8-20-9-11-21(15-25)22(14-20)16-26/h9-14,25-27H,4-8,15-17H2,1-3H3. The highest BCUT2D eigenvalue weighted by molar-refractivity contribution is 5.36. The van der Waals surface area contributed by atoms with Crippen LogP contribution in [-0.2, 0) is 26.1 Å². The molecule has 0 saturated carbocycles. The van der Waals surface area contributed by atoms with Crippen LogP contribution in [0.5, 0.6) is 5.75 Å². The molecule has 0 atom stereocenters. The first kappa shape index (κ1) is 22.4. The lowest BCUT2D eigenvalue weighted by molar-refractivity contribution is -0.0115. The van der Waals surface area contributed by atoms with Crippen molar-refractivity contribution in [2.45, 2.75) is 71.7 Å². The summed E-state index contributed by atoms with van der Waals surface area (Å²) in [5, 5.41) is 29.1. The second-order valence-electron chi connectivity index (χ2n) is 7.59. The van der Waals surface area contributed by atoms with Crippen molar-refractivity contribution in [3.8, 4) is 5.75 Å². The van der Waals surface area contributed by atoms with E-state index in [0.717, 1.165) is 41.7 Å². The van der Waals surface area contributed by atoms with E-state index >= 15 is 0 Å². The Labute approximate surface area is 168 Å². The molecule has 2 aromatic rings. The molecular weight excluding hydrogens is 352 g/mol. The quantitative estimate of drug-likeness (QED) is 0.544. The third-order valence-electron chi connectivity index (χ3n) is 5.59. The first-order chi connectivity index (χ1) is 13.4. The summed E-state index contributed by atoms with van der Waals surface area (Å²) in [5.41, 5.74) is 4.36. The van der Waals surface area contributed by atoms with E-state index in [2.05, 4.69) is 12.1 Å². The number of rotatable bonds is 11. The van der Waals surface area contributed by atoms with Gasteiger partial charge in [0.25, 0.3) is 0 Å². The van der Waals surface area contributed by atoms with Crippen molar-refractivity contribution in [3.63, 3.8) is 0 Å². The number of aryl methyl sites for hydroxylation is 3. The minimum atomic E-state index is -0.760. The van der Waals surface area contributed by atoms with E-state index in [4.69, 9.17) is 4.74 Å². The van der Waals surface area contributed by atoms with Gasteiger partial charge in [0, 0.05) is 0 Å². The summed E-state index contributed by atoms with van der Waals surface area (Å²) >= 11 is 0. The van der Waals surface area contributed by atoms with Gasteiger partial charge in [-0.15, -0.1) is 0 Å². The summed E-state index contributed by atoms with van der Waals surface area (Å²) in [4.78, 5) is 0. The van der Waals surface area contributed by atoms with Crippen LogP contribution in [0.3, 0.4) is 0 Å². The van der Waals surface area contributed by atoms with Crippen LogP contribution in [0.1, 0.15) is 60.9 Å². The van der Waals surface area contributed by atoms with E-state index in [9.17, 15) is 15.3 Å². The van der Waals surface area contributed by atoms with Crippen molar-refractivity contribution in [2.75, 3.05) is 6.61 Å². The number of ether oxygens (including phenoxy) is 1. The molecule has 2 aromatic carbocycles. The van der Waals surface area contributed by atoms with Crippen LogP contribution in [0.2, 0.25) is 0 Å². The maximum Gasteiger partial charge on any atom is 0.122 e. The molecule has 0 saturated heterocycles.